The number of hydrogen-bond donors (Lipinski definition) is 2. The molecule has 2 fully saturated rings. The summed E-state index contributed by atoms with van der Waals surface area (Å²) in [5, 5.41) is 12.5. The second kappa shape index (κ2) is 17.4. The number of carbonyl (C=O) groups excluding carboxylic acids is 4. The molecule has 0 radical (unpaired) electrons. The van der Waals surface area contributed by atoms with Gasteiger partial charge in [0.25, 0.3) is 17.9 Å². The third-order valence-corrected chi connectivity index (χ3v) is 5.81. The molecule has 11 nitrogen and oxygen atoms in total. The molecular weight excluding hydrogens is 494 g/mol. The van der Waals surface area contributed by atoms with E-state index in [-0.39, 0.29) is 47.8 Å². The Bertz CT molecular complexity index is 825. The number of alkyl carbamates (subject to hydrolysis) is 1. The molecule has 1 saturated heterocycles. The summed E-state index contributed by atoms with van der Waals surface area (Å²) in [6.45, 7) is 6.75. The third-order valence-electron chi connectivity index (χ3n) is 5.81. The van der Waals surface area contributed by atoms with E-state index in [2.05, 4.69) is 24.2 Å². The number of rotatable bonds is 8. The van der Waals surface area contributed by atoms with Gasteiger partial charge in [0.2, 0.25) is 0 Å². The van der Waals surface area contributed by atoms with Gasteiger partial charge in [-0.3, -0.25) is 14.4 Å². The number of aliphatic hydroxyl groups is 1. The van der Waals surface area contributed by atoms with Crippen molar-refractivity contribution in [3.8, 4) is 0 Å². The van der Waals surface area contributed by atoms with E-state index in [9.17, 15) is 24.3 Å². The van der Waals surface area contributed by atoms with Crippen LogP contribution in [0.2, 0.25) is 0 Å². The number of ether oxygens (including phenoxy) is 1. The van der Waals surface area contributed by atoms with Crippen LogP contribution in [0.1, 0.15) is 52.0 Å². The summed E-state index contributed by atoms with van der Waals surface area (Å²) in [6.07, 6.45) is 3.40. The first kappa shape index (κ1) is 32.9. The Kier molecular flexibility index (Phi) is 15.5. The smallest absolute Gasteiger partial charge is 0.625 e. The van der Waals surface area contributed by atoms with Gasteiger partial charge in [0.05, 0.1) is 6.10 Å². The van der Waals surface area contributed by atoms with Crippen molar-refractivity contribution in [2.75, 3.05) is 19.6 Å². The molecule has 0 atom stereocenters. The number of nitrogens with one attached hydrogen (secondary N) is 1. The molecule has 37 heavy (non-hydrogen) atoms. The monoisotopic (exact) mass is 530 g/mol. The Balaban J connectivity index is 0.000000423. The summed E-state index contributed by atoms with van der Waals surface area (Å²) >= 11 is 0. The number of likely N-dealkylation sites (tertiary alicyclic amines) is 1. The average molecular weight is 530 g/mol. The first-order valence-corrected chi connectivity index (χ1v) is 12.2. The van der Waals surface area contributed by atoms with Crippen LogP contribution in [0.25, 0.3) is 0 Å². The Hall–Kier alpha value is -2.12. The number of piperidine rings is 1. The van der Waals surface area contributed by atoms with Gasteiger partial charge in [0.15, 0.2) is 0 Å². The van der Waals surface area contributed by atoms with Crippen molar-refractivity contribution in [3.63, 3.8) is 0 Å². The molecule has 1 saturated carbocycles. The number of carbonyl (C=O) groups is 4. The van der Waals surface area contributed by atoms with E-state index in [0.717, 1.165) is 71.7 Å². The minimum absolute atomic E-state index is 0. The summed E-state index contributed by atoms with van der Waals surface area (Å²) in [4.78, 5) is 45.5. The zero-order valence-electron chi connectivity index (χ0n) is 22.1. The van der Waals surface area contributed by atoms with Gasteiger partial charge in [0, 0.05) is 46.4 Å². The van der Waals surface area contributed by atoms with Crippen LogP contribution in [0.5, 0.6) is 0 Å². The van der Waals surface area contributed by atoms with E-state index >= 15 is 0 Å². The van der Waals surface area contributed by atoms with Crippen molar-refractivity contribution < 1.29 is 72.5 Å². The number of aliphatic hydroxyl groups excluding tert-OH is 1. The molecule has 1 aromatic carbocycles. The van der Waals surface area contributed by atoms with Crippen molar-refractivity contribution >= 4 is 31.3 Å². The molecule has 1 heterocycles. The summed E-state index contributed by atoms with van der Waals surface area (Å²) in [5.74, 6) is -1.38. The van der Waals surface area contributed by atoms with E-state index in [1.54, 1.807) is 0 Å². The van der Waals surface area contributed by atoms with E-state index in [4.69, 9.17) is 4.74 Å². The largest absolute Gasteiger partial charge is 1.00 e. The Morgan fingerprint density at radius 1 is 0.946 bits per heavy atom. The number of benzene rings is 1. The normalized spacial score (nSPS) is 19.2. The predicted molar refractivity (Wildman–Crippen MR) is 130 cm³/mol. The van der Waals surface area contributed by atoms with Crippen LogP contribution in [0.4, 0.5) is 4.79 Å². The van der Waals surface area contributed by atoms with Gasteiger partial charge in [-0.15, -0.1) is 0 Å². The molecule has 2 aliphatic rings. The van der Waals surface area contributed by atoms with Gasteiger partial charge in [0.1, 0.15) is 6.61 Å². The fourth-order valence-electron chi connectivity index (χ4n) is 3.99. The molecule has 0 bridgehead atoms. The SMILES string of the molecule is CC(=O)O[BH-](OC(C)=O)OC(C)=O.O=C(N[C@H]1C[C@@H](CN2CCC(O)CC2)C1)OCc1ccccc1.[Na+]. The third kappa shape index (κ3) is 14.4. The van der Waals surface area contributed by atoms with Crippen molar-refractivity contribution in [1.82, 2.24) is 10.2 Å². The maximum atomic E-state index is 11.8. The maximum Gasteiger partial charge on any atom is 1.00 e. The second-order valence-electron chi connectivity index (χ2n) is 9.03. The topological polar surface area (TPSA) is 141 Å². The molecule has 1 aliphatic carbocycles. The zero-order valence-corrected chi connectivity index (χ0v) is 24.1. The van der Waals surface area contributed by atoms with Crippen LogP contribution < -0.4 is 34.9 Å². The Morgan fingerprint density at radius 2 is 1.46 bits per heavy atom. The summed E-state index contributed by atoms with van der Waals surface area (Å²) in [5.41, 5.74) is 1.00. The van der Waals surface area contributed by atoms with Crippen molar-refractivity contribution in [1.29, 1.82) is 0 Å². The molecule has 0 aromatic heterocycles. The average Bonchev–Trinajstić information content (AvgIpc) is 2.77. The molecule has 1 aromatic rings. The Morgan fingerprint density at radius 3 is 1.95 bits per heavy atom. The first-order chi connectivity index (χ1) is 17.1. The van der Waals surface area contributed by atoms with Gasteiger partial charge in [-0.05, 0) is 37.2 Å². The molecular formula is C24H36BN2NaO9. The van der Waals surface area contributed by atoms with Crippen molar-refractivity contribution in [3.05, 3.63) is 35.9 Å². The number of nitrogens with zero attached hydrogens (tertiary/aromatic N) is 1. The maximum absolute atomic E-state index is 11.8. The van der Waals surface area contributed by atoms with Gasteiger partial charge >= 0.3 is 43.0 Å². The van der Waals surface area contributed by atoms with Gasteiger partial charge in [-0.2, -0.15) is 0 Å². The fourth-order valence-corrected chi connectivity index (χ4v) is 3.99. The van der Waals surface area contributed by atoms with E-state index < -0.39 is 25.2 Å². The molecule has 200 valence electrons. The zero-order chi connectivity index (χ0) is 26.5. The molecule has 0 unspecified atom stereocenters. The fraction of sp³-hybridized carbons (Fsp3) is 0.583. The molecule has 3 rings (SSSR count). The minimum Gasteiger partial charge on any atom is -0.625 e. The van der Waals surface area contributed by atoms with Crippen LogP contribution in [0, 0.1) is 5.92 Å². The molecule has 0 spiro atoms. The van der Waals surface area contributed by atoms with E-state index in [1.807, 2.05) is 30.3 Å². The first-order valence-electron chi connectivity index (χ1n) is 12.2. The molecule has 13 heteroatoms. The second-order valence-corrected chi connectivity index (χ2v) is 9.03. The summed E-state index contributed by atoms with van der Waals surface area (Å²) in [7, 11) is -2.41. The Labute approximate surface area is 240 Å². The van der Waals surface area contributed by atoms with E-state index in [0.29, 0.717) is 12.5 Å². The van der Waals surface area contributed by atoms with Crippen molar-refractivity contribution in [2.24, 2.45) is 5.92 Å². The van der Waals surface area contributed by atoms with Crippen molar-refractivity contribution in [2.45, 2.75) is 65.2 Å². The number of amides is 1. The van der Waals surface area contributed by atoms with Gasteiger partial charge < -0.3 is 34.0 Å². The predicted octanol–water partition coefficient (Wildman–Crippen LogP) is -1.45. The van der Waals surface area contributed by atoms with Crippen LogP contribution in [0.3, 0.4) is 0 Å². The quantitative estimate of drug-likeness (QED) is 0.384. The van der Waals surface area contributed by atoms with Crippen LogP contribution in [-0.4, -0.2) is 73.1 Å². The number of hydrogen-bond acceptors (Lipinski definition) is 10. The van der Waals surface area contributed by atoms with Crippen LogP contribution in [0.15, 0.2) is 30.3 Å². The minimum atomic E-state index is -2.41. The molecule has 1 amide bonds. The van der Waals surface area contributed by atoms with Crippen LogP contribution >= 0.6 is 0 Å². The van der Waals surface area contributed by atoms with Gasteiger partial charge in [-0.1, -0.05) is 30.3 Å². The molecule has 2 N–H and O–H groups in total. The van der Waals surface area contributed by atoms with E-state index in [1.165, 1.54) is 0 Å². The van der Waals surface area contributed by atoms with Gasteiger partial charge in [-0.25, -0.2) is 4.79 Å². The summed E-state index contributed by atoms with van der Waals surface area (Å²) in [6, 6.07) is 9.96. The summed E-state index contributed by atoms with van der Waals surface area (Å²) < 4.78 is 18.5. The molecule has 1 aliphatic heterocycles. The standard InChI is InChI=1S/C18H26N2O3.C6H10BO6.Na/c21-17-6-8-20(9-7-17)12-15-10-16(11-15)19-18(22)23-13-14-4-2-1-3-5-14;1-4(8)11-7(12-5(2)9)13-6(3)10;/h1-5,15-17,21H,6-13H2,(H,19,22);7H,1-3H3;/q;-1;+1/t15-,16+;;. The van der Waals surface area contributed by atoms with Crippen LogP contribution in [-0.2, 0) is 39.7 Å².